The van der Waals surface area contributed by atoms with Gasteiger partial charge in [0.05, 0.1) is 28.0 Å². The topological polar surface area (TPSA) is 59.5 Å². The van der Waals surface area contributed by atoms with Gasteiger partial charge < -0.3 is 9.64 Å². The molecule has 0 aliphatic carbocycles. The number of nitrogens with zero attached hydrogens (tertiary/aromatic N) is 2. The van der Waals surface area contributed by atoms with Crippen LogP contribution in [0.5, 0.6) is 5.75 Å². The average Bonchev–Trinajstić information content (AvgIpc) is 3.23. The Balaban J connectivity index is 1.42. The van der Waals surface area contributed by atoms with E-state index >= 15 is 0 Å². The summed E-state index contributed by atoms with van der Waals surface area (Å²) in [7, 11) is -1.76. The minimum absolute atomic E-state index is 0.235. The van der Waals surface area contributed by atoms with Gasteiger partial charge in [-0.25, -0.2) is 13.4 Å². The zero-order chi connectivity index (χ0) is 21.1. The third-order valence-electron chi connectivity index (χ3n) is 5.40. The monoisotopic (exact) mass is 462 g/mol. The Morgan fingerprint density at radius 1 is 1.13 bits per heavy atom. The fraction of sp³-hybridized carbons (Fsp3) is 0.318. The zero-order valence-corrected chi connectivity index (χ0v) is 19.0. The maximum atomic E-state index is 13.0. The van der Waals surface area contributed by atoms with E-state index in [2.05, 4.69) is 10.3 Å². The molecule has 0 radical (unpaired) electrons. The van der Waals surface area contributed by atoms with Gasteiger partial charge in [-0.2, -0.15) is 0 Å². The Hall–Kier alpha value is -2.09. The molecule has 1 aliphatic heterocycles. The first-order valence-corrected chi connectivity index (χ1v) is 12.6. The summed E-state index contributed by atoms with van der Waals surface area (Å²) in [4.78, 5) is 7.19. The minimum Gasteiger partial charge on any atom is -0.496 e. The van der Waals surface area contributed by atoms with Gasteiger partial charge in [-0.1, -0.05) is 41.9 Å². The second-order valence-electron chi connectivity index (χ2n) is 7.27. The van der Waals surface area contributed by atoms with Crippen molar-refractivity contribution in [1.82, 2.24) is 4.98 Å². The summed E-state index contributed by atoms with van der Waals surface area (Å²) < 4.78 is 31.4. The Kier molecular flexibility index (Phi) is 6.32. The summed E-state index contributed by atoms with van der Waals surface area (Å²) in [5, 5.41) is 2.88. The Labute approximate surface area is 186 Å². The zero-order valence-electron chi connectivity index (χ0n) is 16.6. The number of sulfone groups is 1. The minimum atomic E-state index is -3.43. The van der Waals surface area contributed by atoms with Gasteiger partial charge in [-0.05, 0) is 31.0 Å². The summed E-state index contributed by atoms with van der Waals surface area (Å²) in [6, 6.07) is 14.6. The lowest BCUT2D eigenvalue weighted by atomic mass is 10.1. The second kappa shape index (κ2) is 8.96. The van der Waals surface area contributed by atoms with Crippen molar-refractivity contribution in [3.05, 3.63) is 70.2 Å². The van der Waals surface area contributed by atoms with E-state index in [0.717, 1.165) is 22.1 Å². The predicted octanol–water partition coefficient (Wildman–Crippen LogP) is 4.84. The van der Waals surface area contributed by atoms with Crippen molar-refractivity contribution in [2.75, 3.05) is 25.1 Å². The molecule has 8 heteroatoms. The highest BCUT2D eigenvalue weighted by molar-refractivity contribution is 7.92. The summed E-state index contributed by atoms with van der Waals surface area (Å²) in [5.74, 6) is 0.859. The van der Waals surface area contributed by atoms with E-state index in [9.17, 15) is 8.42 Å². The maximum Gasteiger partial charge on any atom is 0.185 e. The molecule has 30 heavy (non-hydrogen) atoms. The van der Waals surface area contributed by atoms with Gasteiger partial charge in [-0.3, -0.25) is 0 Å². The van der Waals surface area contributed by atoms with Crippen LogP contribution in [-0.4, -0.2) is 38.9 Å². The number of benzene rings is 2. The summed E-state index contributed by atoms with van der Waals surface area (Å²) in [5.41, 5.74) is 2.09. The third-order valence-corrected chi connectivity index (χ3v) is 9.11. The van der Waals surface area contributed by atoms with Crippen molar-refractivity contribution in [3.63, 3.8) is 0 Å². The van der Waals surface area contributed by atoms with Gasteiger partial charge in [0.25, 0.3) is 0 Å². The largest absolute Gasteiger partial charge is 0.496 e. The van der Waals surface area contributed by atoms with Gasteiger partial charge in [-0.15, -0.1) is 11.3 Å². The Morgan fingerprint density at radius 3 is 2.57 bits per heavy atom. The lowest BCUT2D eigenvalue weighted by Gasteiger charge is -2.31. The number of para-hydroxylation sites is 1. The van der Waals surface area contributed by atoms with Crippen LogP contribution in [0.2, 0.25) is 5.02 Å². The van der Waals surface area contributed by atoms with E-state index in [1.807, 2.05) is 24.3 Å². The molecule has 1 saturated heterocycles. The van der Waals surface area contributed by atoms with Gasteiger partial charge in [0.2, 0.25) is 0 Å². The molecular formula is C22H23ClN2O3S2. The van der Waals surface area contributed by atoms with Crippen LogP contribution in [0.25, 0.3) is 0 Å². The van der Waals surface area contributed by atoms with Gasteiger partial charge in [0.15, 0.2) is 15.0 Å². The molecule has 0 spiro atoms. The molecule has 1 fully saturated rings. The highest BCUT2D eigenvalue weighted by atomic mass is 35.5. The van der Waals surface area contributed by atoms with Gasteiger partial charge >= 0.3 is 0 Å². The molecule has 0 N–H and O–H groups in total. The Morgan fingerprint density at radius 2 is 1.83 bits per heavy atom. The SMILES string of the molecule is COc1ccccc1Cc1csc(N2CCC(S(=O)(=O)c3ccccc3Cl)CC2)n1. The first-order valence-electron chi connectivity index (χ1n) is 9.78. The summed E-state index contributed by atoms with van der Waals surface area (Å²) >= 11 is 7.74. The molecule has 1 aromatic heterocycles. The number of anilines is 1. The van der Waals surface area contributed by atoms with E-state index < -0.39 is 15.1 Å². The van der Waals surface area contributed by atoms with E-state index in [-0.39, 0.29) is 4.90 Å². The molecule has 158 valence electrons. The number of ether oxygens (including phenoxy) is 1. The van der Waals surface area contributed by atoms with Crippen LogP contribution in [0.15, 0.2) is 58.8 Å². The fourth-order valence-corrected chi connectivity index (χ4v) is 6.92. The highest BCUT2D eigenvalue weighted by Gasteiger charge is 2.33. The molecule has 0 bridgehead atoms. The summed E-state index contributed by atoms with van der Waals surface area (Å²) in [6.45, 7) is 1.33. The fourth-order valence-electron chi connectivity index (χ4n) is 3.78. The Bertz CT molecular complexity index is 1120. The number of methoxy groups -OCH3 is 1. The van der Waals surface area contributed by atoms with Crippen LogP contribution in [-0.2, 0) is 16.3 Å². The number of piperidine rings is 1. The van der Waals surface area contributed by atoms with Crippen LogP contribution in [0, 0.1) is 0 Å². The molecule has 0 amide bonds. The average molecular weight is 463 g/mol. The number of halogens is 1. The van der Waals surface area contributed by atoms with Crippen molar-refractivity contribution < 1.29 is 13.2 Å². The smallest absolute Gasteiger partial charge is 0.185 e. The number of aromatic nitrogens is 1. The first kappa shape index (κ1) is 21.2. The molecule has 0 unspecified atom stereocenters. The van der Waals surface area contributed by atoms with Crippen LogP contribution in [0.4, 0.5) is 5.13 Å². The lowest BCUT2D eigenvalue weighted by molar-refractivity contribution is 0.410. The number of thiazole rings is 1. The van der Waals surface area contributed by atoms with Crippen LogP contribution in [0.3, 0.4) is 0 Å². The van der Waals surface area contributed by atoms with E-state index in [4.69, 9.17) is 21.3 Å². The maximum absolute atomic E-state index is 13.0. The van der Waals surface area contributed by atoms with Crippen molar-refractivity contribution in [3.8, 4) is 5.75 Å². The second-order valence-corrected chi connectivity index (χ2v) is 10.7. The van der Waals surface area contributed by atoms with Gasteiger partial charge in [0.1, 0.15) is 5.75 Å². The third kappa shape index (κ3) is 4.33. The van der Waals surface area contributed by atoms with Crippen LogP contribution < -0.4 is 9.64 Å². The number of hydrogen-bond donors (Lipinski definition) is 0. The molecular weight excluding hydrogens is 440 g/mol. The molecule has 1 aliphatic rings. The number of hydrogen-bond acceptors (Lipinski definition) is 6. The molecule has 5 nitrogen and oxygen atoms in total. The van der Waals surface area contributed by atoms with Gasteiger partial charge in [0, 0.05) is 30.5 Å². The molecule has 2 aromatic carbocycles. The predicted molar refractivity (Wildman–Crippen MR) is 122 cm³/mol. The summed E-state index contributed by atoms with van der Waals surface area (Å²) in [6.07, 6.45) is 1.84. The van der Waals surface area contributed by atoms with Crippen molar-refractivity contribution in [1.29, 1.82) is 0 Å². The van der Waals surface area contributed by atoms with Crippen molar-refractivity contribution in [2.45, 2.75) is 29.4 Å². The molecule has 2 heterocycles. The molecule has 4 rings (SSSR count). The number of rotatable bonds is 6. The van der Waals surface area contributed by atoms with Crippen LogP contribution in [0.1, 0.15) is 24.1 Å². The van der Waals surface area contributed by atoms with Crippen molar-refractivity contribution in [2.24, 2.45) is 0 Å². The van der Waals surface area contributed by atoms with E-state index in [1.54, 1.807) is 42.7 Å². The van der Waals surface area contributed by atoms with Crippen LogP contribution >= 0.6 is 22.9 Å². The first-order chi connectivity index (χ1) is 14.5. The molecule has 3 aromatic rings. The van der Waals surface area contributed by atoms with E-state index in [0.29, 0.717) is 37.4 Å². The lowest BCUT2D eigenvalue weighted by Crippen LogP contribution is -2.39. The highest BCUT2D eigenvalue weighted by Crippen LogP contribution is 2.32. The standard InChI is InChI=1S/C22H23ClN2O3S2/c1-28-20-8-4-2-6-16(20)14-17-15-29-22(24-17)25-12-10-18(11-13-25)30(26,27)21-9-5-3-7-19(21)23/h2-9,15,18H,10-14H2,1H3. The molecule has 0 saturated carbocycles. The van der Waals surface area contributed by atoms with E-state index in [1.165, 1.54) is 0 Å². The molecule has 0 atom stereocenters. The van der Waals surface area contributed by atoms with Crippen molar-refractivity contribution >= 4 is 37.9 Å². The normalized spacial score (nSPS) is 15.3. The quantitative estimate of drug-likeness (QED) is 0.524.